The van der Waals surface area contributed by atoms with Crippen molar-refractivity contribution in [1.29, 1.82) is 0 Å². The number of nitrogens with zero attached hydrogens (tertiary/aromatic N) is 1. The van der Waals surface area contributed by atoms with E-state index in [2.05, 4.69) is 31.0 Å². The highest BCUT2D eigenvalue weighted by Gasteiger charge is 2.07. The first-order valence-electron chi connectivity index (χ1n) is 5.46. The van der Waals surface area contributed by atoms with Gasteiger partial charge in [-0.3, -0.25) is 4.99 Å². The van der Waals surface area contributed by atoms with Crippen molar-refractivity contribution in [3.05, 3.63) is 12.2 Å². The molecule has 0 radical (unpaired) electrons. The van der Waals surface area contributed by atoms with Crippen molar-refractivity contribution in [3.63, 3.8) is 0 Å². The van der Waals surface area contributed by atoms with Crippen molar-refractivity contribution >= 4 is 5.71 Å². The molecule has 0 saturated heterocycles. The Labute approximate surface area is 82.0 Å². The van der Waals surface area contributed by atoms with Crippen molar-refractivity contribution in [2.24, 2.45) is 10.9 Å². The quantitative estimate of drug-likeness (QED) is 0.572. The molecule has 0 amide bonds. The van der Waals surface area contributed by atoms with E-state index in [4.69, 9.17) is 0 Å². The van der Waals surface area contributed by atoms with Gasteiger partial charge in [0.25, 0.3) is 0 Å². The summed E-state index contributed by atoms with van der Waals surface area (Å²) in [5, 5.41) is 0. The highest BCUT2D eigenvalue weighted by Crippen LogP contribution is 2.15. The van der Waals surface area contributed by atoms with Gasteiger partial charge in [-0.25, -0.2) is 0 Å². The molecule has 0 saturated carbocycles. The van der Waals surface area contributed by atoms with E-state index in [-0.39, 0.29) is 0 Å². The van der Waals surface area contributed by atoms with Gasteiger partial charge >= 0.3 is 0 Å². The molecular weight excluding hydrogens is 158 g/mol. The third kappa shape index (κ3) is 4.25. The van der Waals surface area contributed by atoms with Crippen LogP contribution in [0.3, 0.4) is 0 Å². The van der Waals surface area contributed by atoms with Crippen molar-refractivity contribution in [3.8, 4) is 0 Å². The average Bonchev–Trinajstić information content (AvgIpc) is 2.64. The summed E-state index contributed by atoms with van der Waals surface area (Å²) >= 11 is 0. The van der Waals surface area contributed by atoms with Gasteiger partial charge in [0.1, 0.15) is 0 Å². The van der Waals surface area contributed by atoms with Crippen LogP contribution in [0.15, 0.2) is 17.1 Å². The maximum atomic E-state index is 4.49. The molecule has 1 heterocycles. The minimum Gasteiger partial charge on any atom is -0.294 e. The second-order valence-corrected chi connectivity index (χ2v) is 4.00. The van der Waals surface area contributed by atoms with Crippen molar-refractivity contribution in [2.75, 3.05) is 6.54 Å². The zero-order chi connectivity index (χ0) is 9.52. The summed E-state index contributed by atoms with van der Waals surface area (Å²) in [7, 11) is 0. The van der Waals surface area contributed by atoms with E-state index in [1.54, 1.807) is 0 Å². The van der Waals surface area contributed by atoms with Crippen LogP contribution in [0.1, 0.15) is 46.0 Å². The monoisotopic (exact) mass is 179 g/mol. The zero-order valence-electron chi connectivity index (χ0n) is 8.92. The average molecular weight is 179 g/mol. The molecule has 0 aliphatic carbocycles. The predicted molar refractivity (Wildman–Crippen MR) is 59.4 cm³/mol. The molecule has 13 heavy (non-hydrogen) atoms. The molecule has 1 rings (SSSR count). The third-order valence-electron chi connectivity index (χ3n) is 2.66. The summed E-state index contributed by atoms with van der Waals surface area (Å²) in [6.07, 6.45) is 10.7. The Morgan fingerprint density at radius 1 is 1.54 bits per heavy atom. The molecule has 0 fully saturated rings. The van der Waals surface area contributed by atoms with Crippen LogP contribution in [-0.4, -0.2) is 12.3 Å². The lowest BCUT2D eigenvalue weighted by molar-refractivity contribution is 0.552. The van der Waals surface area contributed by atoms with E-state index in [9.17, 15) is 0 Å². The molecule has 0 N–H and O–H groups in total. The van der Waals surface area contributed by atoms with Gasteiger partial charge in [-0.2, -0.15) is 0 Å². The highest BCUT2D eigenvalue weighted by molar-refractivity contribution is 5.85. The molecule has 1 heteroatoms. The number of rotatable bonds is 5. The summed E-state index contributed by atoms with van der Waals surface area (Å²) in [6, 6.07) is 0. The molecule has 0 aromatic carbocycles. The van der Waals surface area contributed by atoms with Crippen molar-refractivity contribution in [1.82, 2.24) is 0 Å². The Bertz CT molecular complexity index is 191. The van der Waals surface area contributed by atoms with E-state index in [0.29, 0.717) is 0 Å². The number of allylic oxidation sites excluding steroid dienone is 2. The van der Waals surface area contributed by atoms with Crippen LogP contribution in [0, 0.1) is 5.92 Å². The summed E-state index contributed by atoms with van der Waals surface area (Å²) in [5.41, 5.74) is 1.47. The van der Waals surface area contributed by atoms with Crippen LogP contribution in [-0.2, 0) is 0 Å². The van der Waals surface area contributed by atoms with Crippen LogP contribution >= 0.6 is 0 Å². The van der Waals surface area contributed by atoms with E-state index >= 15 is 0 Å². The smallest absolute Gasteiger partial charge is 0.0392 e. The number of hydrogen-bond acceptors (Lipinski definition) is 1. The SMILES string of the molecule is C/C=C/CC(C)CCC1=NCCC1. The normalized spacial score (nSPS) is 19.4. The fourth-order valence-electron chi connectivity index (χ4n) is 1.70. The lowest BCUT2D eigenvalue weighted by atomic mass is 9.99. The summed E-state index contributed by atoms with van der Waals surface area (Å²) < 4.78 is 0. The van der Waals surface area contributed by atoms with Gasteiger partial charge in [-0.15, -0.1) is 0 Å². The Kier molecular flexibility index (Phi) is 4.81. The van der Waals surface area contributed by atoms with Crippen LogP contribution in [0.4, 0.5) is 0 Å². The Hall–Kier alpha value is -0.590. The van der Waals surface area contributed by atoms with Gasteiger partial charge < -0.3 is 0 Å². The largest absolute Gasteiger partial charge is 0.294 e. The maximum absolute atomic E-state index is 4.49. The fraction of sp³-hybridized carbons (Fsp3) is 0.750. The second-order valence-electron chi connectivity index (χ2n) is 4.00. The minimum atomic E-state index is 0.819. The van der Waals surface area contributed by atoms with Crippen LogP contribution in [0.2, 0.25) is 0 Å². The molecule has 1 unspecified atom stereocenters. The first-order chi connectivity index (χ1) is 6.33. The fourth-order valence-corrected chi connectivity index (χ4v) is 1.70. The van der Waals surface area contributed by atoms with E-state index in [0.717, 1.165) is 12.5 Å². The van der Waals surface area contributed by atoms with E-state index in [1.807, 2.05) is 0 Å². The summed E-state index contributed by atoms with van der Waals surface area (Å²) in [6.45, 7) is 5.50. The molecule has 0 aromatic heterocycles. The molecule has 1 aliphatic rings. The second kappa shape index (κ2) is 5.95. The number of aliphatic imine (C=N–C) groups is 1. The Morgan fingerprint density at radius 2 is 2.38 bits per heavy atom. The van der Waals surface area contributed by atoms with Gasteiger partial charge in [0.15, 0.2) is 0 Å². The molecular formula is C12H21N. The lowest BCUT2D eigenvalue weighted by Gasteiger charge is -2.07. The van der Waals surface area contributed by atoms with Crippen molar-refractivity contribution < 1.29 is 0 Å². The molecule has 1 nitrogen and oxygen atoms in total. The summed E-state index contributed by atoms with van der Waals surface area (Å²) in [5.74, 6) is 0.819. The molecule has 1 atom stereocenters. The molecule has 0 spiro atoms. The standard InChI is InChI=1S/C12H21N/c1-3-4-6-11(2)8-9-12-7-5-10-13-12/h3-4,11H,5-10H2,1-2H3/b4-3+. The third-order valence-corrected chi connectivity index (χ3v) is 2.66. The Balaban J connectivity index is 2.10. The van der Waals surface area contributed by atoms with E-state index < -0.39 is 0 Å². The van der Waals surface area contributed by atoms with E-state index in [1.165, 1.54) is 37.8 Å². The van der Waals surface area contributed by atoms with Gasteiger partial charge in [0, 0.05) is 12.3 Å². The zero-order valence-corrected chi connectivity index (χ0v) is 8.92. The van der Waals surface area contributed by atoms with Crippen LogP contribution < -0.4 is 0 Å². The molecule has 0 bridgehead atoms. The van der Waals surface area contributed by atoms with Gasteiger partial charge in [0.2, 0.25) is 0 Å². The molecule has 0 aromatic rings. The van der Waals surface area contributed by atoms with Crippen LogP contribution in [0.5, 0.6) is 0 Å². The minimum absolute atomic E-state index is 0.819. The van der Waals surface area contributed by atoms with Crippen LogP contribution in [0.25, 0.3) is 0 Å². The van der Waals surface area contributed by atoms with Crippen molar-refractivity contribution in [2.45, 2.75) is 46.0 Å². The lowest BCUT2D eigenvalue weighted by Crippen LogP contribution is -1.99. The number of hydrogen-bond donors (Lipinski definition) is 0. The van der Waals surface area contributed by atoms with Gasteiger partial charge in [-0.05, 0) is 44.9 Å². The molecule has 1 aliphatic heterocycles. The first kappa shape index (κ1) is 10.5. The summed E-state index contributed by atoms with van der Waals surface area (Å²) in [4.78, 5) is 4.49. The Morgan fingerprint density at radius 3 is 3.00 bits per heavy atom. The van der Waals surface area contributed by atoms with Gasteiger partial charge in [0.05, 0.1) is 0 Å². The maximum Gasteiger partial charge on any atom is 0.0392 e. The molecule has 74 valence electrons. The van der Waals surface area contributed by atoms with Gasteiger partial charge in [-0.1, -0.05) is 19.1 Å². The highest BCUT2D eigenvalue weighted by atomic mass is 14.8. The predicted octanol–water partition coefficient (Wildman–Crippen LogP) is 3.60. The first-order valence-corrected chi connectivity index (χ1v) is 5.46. The topological polar surface area (TPSA) is 12.4 Å².